The molecule has 3 N–H and O–H groups in total. The zero-order chi connectivity index (χ0) is 20.0. The van der Waals surface area contributed by atoms with E-state index < -0.39 is 46.0 Å². The van der Waals surface area contributed by atoms with Gasteiger partial charge in [-0.2, -0.15) is 0 Å². The average Bonchev–Trinajstić information content (AvgIpc) is 2.79. The van der Waals surface area contributed by atoms with E-state index in [9.17, 15) is 24.9 Å². The van der Waals surface area contributed by atoms with Gasteiger partial charge in [0.15, 0.2) is 17.1 Å². The Balaban J connectivity index is 1.85. The first kappa shape index (κ1) is 18.8. The van der Waals surface area contributed by atoms with Gasteiger partial charge in [-0.05, 0) is 56.6 Å². The second kappa shape index (κ2) is 5.29. The van der Waals surface area contributed by atoms with Gasteiger partial charge in [0.1, 0.15) is 0 Å². The number of aliphatic hydroxyl groups is 2. The summed E-state index contributed by atoms with van der Waals surface area (Å²) in [6.07, 6.45) is 4.22. The third-order valence-electron chi connectivity index (χ3n) is 8.55. The highest BCUT2D eigenvalue weighted by Gasteiger charge is 2.76. The first-order chi connectivity index (χ1) is 12.4. The van der Waals surface area contributed by atoms with Crippen molar-refractivity contribution in [3.63, 3.8) is 0 Å². The lowest BCUT2D eigenvalue weighted by atomic mass is 9.45. The number of hydrogen-bond donors (Lipinski definition) is 3. The highest BCUT2D eigenvalue weighted by Crippen LogP contribution is 2.70. The van der Waals surface area contributed by atoms with Crippen molar-refractivity contribution in [3.8, 4) is 0 Å². The molecular weight excluding hydrogens is 351 g/mol. The summed E-state index contributed by atoms with van der Waals surface area (Å²) in [5, 5.41) is 31.9. The minimum Gasteiger partial charge on any atom is -0.479 e. The van der Waals surface area contributed by atoms with Gasteiger partial charge in [0.2, 0.25) is 0 Å². The van der Waals surface area contributed by atoms with Crippen molar-refractivity contribution >= 4 is 11.8 Å². The summed E-state index contributed by atoms with van der Waals surface area (Å²) in [7, 11) is 0. The minimum absolute atomic E-state index is 0.123. The van der Waals surface area contributed by atoms with Crippen LogP contribution in [0.15, 0.2) is 23.8 Å². The number of carboxylic acids is 1. The quantitative estimate of drug-likeness (QED) is 0.651. The lowest BCUT2D eigenvalue weighted by Gasteiger charge is -2.62. The summed E-state index contributed by atoms with van der Waals surface area (Å²) in [6.45, 7) is 5.10. The molecular formula is C21H27FO5. The Morgan fingerprint density at radius 1 is 1.30 bits per heavy atom. The Bertz CT molecular complexity index is 789. The number of allylic oxidation sites excluding steroid dienone is 4. The number of aliphatic hydroxyl groups excluding tert-OH is 1. The van der Waals surface area contributed by atoms with Crippen molar-refractivity contribution in [1.82, 2.24) is 0 Å². The molecule has 4 rings (SSSR count). The molecule has 0 saturated heterocycles. The normalized spacial score (nSPS) is 54.0. The maximum atomic E-state index is 16.8. The van der Waals surface area contributed by atoms with E-state index >= 15 is 4.39 Å². The van der Waals surface area contributed by atoms with Gasteiger partial charge in [-0.25, -0.2) is 9.18 Å². The van der Waals surface area contributed by atoms with Crippen LogP contribution < -0.4 is 0 Å². The minimum atomic E-state index is -2.00. The van der Waals surface area contributed by atoms with Gasteiger partial charge in [-0.1, -0.05) is 25.5 Å². The van der Waals surface area contributed by atoms with E-state index in [4.69, 9.17) is 0 Å². The van der Waals surface area contributed by atoms with Gasteiger partial charge in [0, 0.05) is 16.7 Å². The highest BCUT2D eigenvalue weighted by molar-refractivity contribution is 6.01. The molecule has 0 unspecified atom stereocenters. The van der Waals surface area contributed by atoms with E-state index in [1.54, 1.807) is 26.8 Å². The molecule has 4 aliphatic rings. The molecule has 6 heteroatoms. The van der Waals surface area contributed by atoms with E-state index in [1.165, 1.54) is 12.2 Å². The number of halogens is 1. The van der Waals surface area contributed by atoms with Crippen molar-refractivity contribution in [2.24, 2.45) is 28.6 Å². The predicted octanol–water partition coefficient (Wildman–Crippen LogP) is 2.42. The average molecular weight is 378 g/mol. The molecule has 3 saturated carbocycles. The highest BCUT2D eigenvalue weighted by atomic mass is 19.1. The van der Waals surface area contributed by atoms with E-state index in [2.05, 4.69) is 0 Å². The van der Waals surface area contributed by atoms with E-state index in [-0.39, 0.29) is 18.1 Å². The van der Waals surface area contributed by atoms with Crippen LogP contribution in [0.2, 0.25) is 0 Å². The van der Waals surface area contributed by atoms with Crippen molar-refractivity contribution in [2.45, 2.75) is 63.8 Å². The first-order valence-electron chi connectivity index (χ1n) is 9.70. The monoisotopic (exact) mass is 378 g/mol. The van der Waals surface area contributed by atoms with Gasteiger partial charge in [-0.3, -0.25) is 4.79 Å². The maximum Gasteiger partial charge on any atom is 0.336 e. The van der Waals surface area contributed by atoms with Crippen LogP contribution in [-0.4, -0.2) is 44.4 Å². The Labute approximate surface area is 158 Å². The number of carbonyl (C=O) groups is 2. The van der Waals surface area contributed by atoms with Crippen LogP contribution in [0.1, 0.15) is 46.5 Å². The molecule has 0 aromatic rings. The van der Waals surface area contributed by atoms with Crippen molar-refractivity contribution in [3.05, 3.63) is 23.8 Å². The number of fused-ring (bicyclic) bond motifs is 5. The topological polar surface area (TPSA) is 94.8 Å². The Kier molecular flexibility index (Phi) is 3.69. The van der Waals surface area contributed by atoms with E-state index in [0.29, 0.717) is 24.8 Å². The number of rotatable bonds is 1. The van der Waals surface area contributed by atoms with Gasteiger partial charge < -0.3 is 15.3 Å². The van der Waals surface area contributed by atoms with Crippen LogP contribution in [0.25, 0.3) is 0 Å². The summed E-state index contributed by atoms with van der Waals surface area (Å²) < 4.78 is 16.8. The van der Waals surface area contributed by atoms with Crippen molar-refractivity contribution in [1.29, 1.82) is 0 Å². The summed E-state index contributed by atoms with van der Waals surface area (Å²) in [5.41, 5.74) is -5.51. The SMILES string of the molecule is C[C@H]1C[C@H]2[C@@H]3CCC4=CC(=O)C=C[C@]4(C)[C@@]3(F)[C@@H](O)C[C@]2(C)[C@@]1(O)C(=O)O. The smallest absolute Gasteiger partial charge is 0.336 e. The summed E-state index contributed by atoms with van der Waals surface area (Å²) in [4.78, 5) is 23.8. The van der Waals surface area contributed by atoms with E-state index in [1.807, 2.05) is 0 Å². The molecule has 3 fully saturated rings. The zero-order valence-electron chi connectivity index (χ0n) is 15.9. The van der Waals surface area contributed by atoms with E-state index in [0.717, 1.165) is 0 Å². The third-order valence-corrected chi connectivity index (χ3v) is 8.55. The fourth-order valence-electron chi connectivity index (χ4n) is 7.00. The van der Waals surface area contributed by atoms with Crippen molar-refractivity contribution < 1.29 is 29.3 Å². The molecule has 27 heavy (non-hydrogen) atoms. The summed E-state index contributed by atoms with van der Waals surface area (Å²) in [5.74, 6) is -2.94. The standard InChI is InChI=1S/C21H27FO5/c1-11-8-15-14-5-4-12-9-13(23)6-7-18(12,2)20(14,22)16(24)10-19(15,3)21(11,27)17(25)26/h6-7,9,11,14-16,24,27H,4-5,8,10H2,1-3H3,(H,25,26)/t11-,14-,15-,16-,18-,19-,20-,21-/m0/s1. The van der Waals surface area contributed by atoms with Crippen LogP contribution in [0.4, 0.5) is 4.39 Å². The second-order valence-electron chi connectivity index (χ2n) is 9.47. The Morgan fingerprint density at radius 3 is 2.59 bits per heavy atom. The fraction of sp³-hybridized carbons (Fsp3) is 0.714. The number of aliphatic carboxylic acids is 1. The lowest BCUT2D eigenvalue weighted by Crippen LogP contribution is -2.69. The fourth-order valence-corrected chi connectivity index (χ4v) is 7.00. The predicted molar refractivity (Wildman–Crippen MR) is 95.5 cm³/mol. The lowest BCUT2D eigenvalue weighted by molar-refractivity contribution is -0.225. The molecule has 0 radical (unpaired) electrons. The number of carboxylic acid groups (broad SMARTS) is 1. The van der Waals surface area contributed by atoms with Crippen LogP contribution >= 0.6 is 0 Å². The second-order valence-corrected chi connectivity index (χ2v) is 9.47. The van der Waals surface area contributed by atoms with Crippen LogP contribution in [-0.2, 0) is 9.59 Å². The van der Waals surface area contributed by atoms with Gasteiger partial charge >= 0.3 is 5.97 Å². The van der Waals surface area contributed by atoms with Crippen molar-refractivity contribution in [2.75, 3.05) is 0 Å². The number of ketones is 1. The summed E-state index contributed by atoms with van der Waals surface area (Å²) in [6, 6.07) is 0. The molecule has 0 spiro atoms. The molecule has 0 aromatic carbocycles. The van der Waals surface area contributed by atoms with Gasteiger partial charge in [-0.15, -0.1) is 0 Å². The number of alkyl halides is 1. The molecule has 5 nitrogen and oxygen atoms in total. The largest absolute Gasteiger partial charge is 0.479 e. The number of hydrogen-bond acceptors (Lipinski definition) is 4. The molecule has 0 aromatic heterocycles. The zero-order valence-corrected chi connectivity index (χ0v) is 15.9. The first-order valence-corrected chi connectivity index (χ1v) is 9.70. The number of carbonyl (C=O) groups excluding carboxylic acids is 1. The maximum absolute atomic E-state index is 16.8. The third kappa shape index (κ3) is 1.91. The molecule has 0 aliphatic heterocycles. The van der Waals surface area contributed by atoms with Crippen LogP contribution in [0, 0.1) is 28.6 Å². The molecule has 148 valence electrons. The molecule has 8 atom stereocenters. The summed E-state index contributed by atoms with van der Waals surface area (Å²) >= 11 is 0. The molecule has 0 heterocycles. The van der Waals surface area contributed by atoms with Crippen LogP contribution in [0.5, 0.6) is 0 Å². The molecule has 4 aliphatic carbocycles. The van der Waals surface area contributed by atoms with Gasteiger partial charge in [0.05, 0.1) is 6.10 Å². The molecule has 0 amide bonds. The van der Waals surface area contributed by atoms with Crippen LogP contribution in [0.3, 0.4) is 0 Å². The Morgan fingerprint density at radius 2 is 1.96 bits per heavy atom. The molecule has 0 bridgehead atoms. The van der Waals surface area contributed by atoms with Gasteiger partial charge in [0.25, 0.3) is 0 Å². The Hall–Kier alpha value is -1.53.